The fourth-order valence-electron chi connectivity index (χ4n) is 0.992. The predicted octanol–water partition coefficient (Wildman–Crippen LogP) is 3.13. The second kappa shape index (κ2) is 4.40. The fraction of sp³-hybridized carbons (Fsp3) is 0.556. The lowest BCUT2D eigenvalue weighted by Crippen LogP contribution is -1.99. The summed E-state index contributed by atoms with van der Waals surface area (Å²) in [6.45, 7) is 3.93. The monoisotopic (exact) mass is 248 g/mol. The van der Waals surface area contributed by atoms with E-state index < -0.39 is 0 Å². The maximum Gasteiger partial charge on any atom is 0.0515 e. The summed E-state index contributed by atoms with van der Waals surface area (Å²) in [5.41, 5.74) is 0. The normalized spacial score (nSPS) is 13.3. The van der Waals surface area contributed by atoms with Crippen molar-refractivity contribution in [1.82, 2.24) is 0 Å². The second-order valence-electron chi connectivity index (χ2n) is 3.00. The van der Waals surface area contributed by atoms with Crippen LogP contribution in [-0.2, 0) is 6.42 Å². The van der Waals surface area contributed by atoms with E-state index in [4.69, 9.17) is 5.11 Å². The van der Waals surface area contributed by atoms with Gasteiger partial charge >= 0.3 is 0 Å². The largest absolute Gasteiger partial charge is 0.393 e. The summed E-state index contributed by atoms with van der Waals surface area (Å²) in [5, 5.41) is 9.08. The van der Waals surface area contributed by atoms with Crippen molar-refractivity contribution in [2.24, 2.45) is 0 Å². The molecule has 1 heterocycles. The molecule has 0 aromatic carbocycles. The van der Waals surface area contributed by atoms with E-state index in [1.54, 1.807) is 11.3 Å². The molecule has 1 aromatic heterocycles. The Bertz CT molecular complexity index is 236. The summed E-state index contributed by atoms with van der Waals surface area (Å²) in [4.78, 5) is 2.66. The van der Waals surface area contributed by atoms with Gasteiger partial charge in [0, 0.05) is 14.2 Å². The van der Waals surface area contributed by atoms with E-state index in [-0.39, 0.29) is 6.10 Å². The quantitative estimate of drug-likeness (QED) is 0.872. The van der Waals surface area contributed by atoms with Crippen molar-refractivity contribution in [2.75, 3.05) is 0 Å². The van der Waals surface area contributed by atoms with Crippen molar-refractivity contribution >= 4 is 27.3 Å². The topological polar surface area (TPSA) is 20.2 Å². The van der Waals surface area contributed by atoms with Gasteiger partial charge in [-0.05, 0) is 48.7 Å². The highest BCUT2D eigenvalue weighted by Gasteiger charge is 2.03. The van der Waals surface area contributed by atoms with Gasteiger partial charge in [-0.3, -0.25) is 0 Å². The van der Waals surface area contributed by atoms with Crippen LogP contribution < -0.4 is 0 Å². The van der Waals surface area contributed by atoms with Gasteiger partial charge in [-0.1, -0.05) is 0 Å². The summed E-state index contributed by atoms with van der Waals surface area (Å²) < 4.78 is 1.19. The van der Waals surface area contributed by atoms with Crippen LogP contribution in [0.15, 0.2) is 10.5 Å². The van der Waals surface area contributed by atoms with Crippen molar-refractivity contribution < 1.29 is 5.11 Å². The molecule has 0 radical (unpaired) electrons. The molecule has 0 saturated carbocycles. The summed E-state index contributed by atoms with van der Waals surface area (Å²) in [6.07, 6.45) is 1.65. The summed E-state index contributed by atoms with van der Waals surface area (Å²) in [5.74, 6) is 0. The zero-order valence-corrected chi connectivity index (χ0v) is 9.70. The number of halogens is 1. The molecule has 1 N–H and O–H groups in total. The van der Waals surface area contributed by atoms with Crippen molar-refractivity contribution in [3.8, 4) is 0 Å². The van der Waals surface area contributed by atoms with Gasteiger partial charge < -0.3 is 5.11 Å². The van der Waals surface area contributed by atoms with Gasteiger partial charge in [0.05, 0.1) is 6.10 Å². The number of aryl methyl sites for hydroxylation is 2. The van der Waals surface area contributed by atoms with Crippen molar-refractivity contribution in [3.05, 3.63) is 20.3 Å². The van der Waals surface area contributed by atoms with Crippen LogP contribution in [0.5, 0.6) is 0 Å². The van der Waals surface area contributed by atoms with Crippen LogP contribution >= 0.6 is 27.3 Å². The molecular weight excluding hydrogens is 236 g/mol. The first-order chi connectivity index (χ1) is 5.59. The van der Waals surface area contributed by atoms with Gasteiger partial charge in [-0.15, -0.1) is 11.3 Å². The maximum absolute atomic E-state index is 9.08. The summed E-state index contributed by atoms with van der Waals surface area (Å²) in [7, 11) is 0. The number of rotatable bonds is 3. The number of hydrogen-bond donors (Lipinski definition) is 1. The molecule has 0 aliphatic carbocycles. The van der Waals surface area contributed by atoms with Gasteiger partial charge in [-0.25, -0.2) is 0 Å². The van der Waals surface area contributed by atoms with Gasteiger partial charge in [0.2, 0.25) is 0 Å². The minimum atomic E-state index is -0.189. The molecule has 0 aliphatic rings. The summed E-state index contributed by atoms with van der Waals surface area (Å²) >= 11 is 5.27. The van der Waals surface area contributed by atoms with Crippen molar-refractivity contribution in [1.29, 1.82) is 0 Å². The highest BCUT2D eigenvalue weighted by molar-refractivity contribution is 9.10. The first kappa shape index (κ1) is 10.2. The maximum atomic E-state index is 9.08. The van der Waals surface area contributed by atoms with Crippen LogP contribution in [0.25, 0.3) is 0 Å². The zero-order chi connectivity index (χ0) is 9.14. The first-order valence-corrected chi connectivity index (χ1v) is 5.63. The molecule has 68 valence electrons. The highest BCUT2D eigenvalue weighted by atomic mass is 79.9. The lowest BCUT2D eigenvalue weighted by Gasteiger charge is -2.00. The van der Waals surface area contributed by atoms with Crippen LogP contribution in [0, 0.1) is 6.92 Å². The minimum absolute atomic E-state index is 0.189. The van der Waals surface area contributed by atoms with Crippen molar-refractivity contribution in [2.45, 2.75) is 32.8 Å². The van der Waals surface area contributed by atoms with Gasteiger partial charge in [-0.2, -0.15) is 0 Å². The SMILES string of the molecule is Cc1sc(CC[C@H](C)O)cc1Br. The number of aliphatic hydroxyl groups excluding tert-OH is 1. The molecule has 0 bridgehead atoms. The molecule has 0 unspecified atom stereocenters. The molecule has 0 aliphatic heterocycles. The van der Waals surface area contributed by atoms with Gasteiger partial charge in [0.1, 0.15) is 0 Å². The molecule has 0 saturated heterocycles. The molecule has 1 nitrogen and oxygen atoms in total. The van der Waals surface area contributed by atoms with Gasteiger partial charge in [0.15, 0.2) is 0 Å². The number of aliphatic hydroxyl groups is 1. The lowest BCUT2D eigenvalue weighted by atomic mass is 10.2. The standard InChI is InChI=1S/C9H13BrOS/c1-6(11)3-4-8-5-9(10)7(2)12-8/h5-6,11H,3-4H2,1-2H3/t6-/m0/s1. The third kappa shape index (κ3) is 2.88. The second-order valence-corrected chi connectivity index (χ2v) is 5.20. The Morgan fingerprint density at radius 1 is 1.67 bits per heavy atom. The molecule has 12 heavy (non-hydrogen) atoms. The van der Waals surface area contributed by atoms with Crippen LogP contribution in [0.4, 0.5) is 0 Å². The summed E-state index contributed by atoms with van der Waals surface area (Å²) in [6, 6.07) is 2.14. The smallest absolute Gasteiger partial charge is 0.0515 e. The molecule has 0 spiro atoms. The Hall–Kier alpha value is 0.140. The Morgan fingerprint density at radius 2 is 2.33 bits per heavy atom. The third-order valence-corrected chi connectivity index (χ3v) is 3.91. The lowest BCUT2D eigenvalue weighted by molar-refractivity contribution is 0.185. The number of hydrogen-bond acceptors (Lipinski definition) is 2. The van der Waals surface area contributed by atoms with E-state index in [1.807, 2.05) is 6.92 Å². The predicted molar refractivity (Wildman–Crippen MR) is 56.8 cm³/mol. The Morgan fingerprint density at radius 3 is 2.75 bits per heavy atom. The Labute approximate surface area is 85.6 Å². The third-order valence-electron chi connectivity index (χ3n) is 1.72. The average Bonchev–Trinajstić information content (AvgIpc) is 2.28. The molecule has 1 aromatic rings. The van der Waals surface area contributed by atoms with E-state index in [1.165, 1.54) is 14.2 Å². The molecule has 3 heteroatoms. The van der Waals surface area contributed by atoms with Crippen molar-refractivity contribution in [3.63, 3.8) is 0 Å². The van der Waals surface area contributed by atoms with Crippen LogP contribution in [0.3, 0.4) is 0 Å². The van der Waals surface area contributed by atoms with E-state index in [9.17, 15) is 0 Å². The molecule has 1 atom stereocenters. The van der Waals surface area contributed by atoms with E-state index in [0.29, 0.717) is 0 Å². The fourth-order valence-corrected chi connectivity index (χ4v) is 2.61. The first-order valence-electron chi connectivity index (χ1n) is 4.02. The van der Waals surface area contributed by atoms with E-state index in [2.05, 4.69) is 28.9 Å². The average molecular weight is 249 g/mol. The van der Waals surface area contributed by atoms with Gasteiger partial charge in [0.25, 0.3) is 0 Å². The van der Waals surface area contributed by atoms with Crippen LogP contribution in [0.1, 0.15) is 23.1 Å². The highest BCUT2D eigenvalue weighted by Crippen LogP contribution is 2.27. The zero-order valence-electron chi connectivity index (χ0n) is 7.30. The molecule has 1 rings (SSSR count). The van der Waals surface area contributed by atoms with E-state index >= 15 is 0 Å². The minimum Gasteiger partial charge on any atom is -0.393 e. The number of thiophene rings is 1. The van der Waals surface area contributed by atoms with E-state index in [0.717, 1.165) is 12.8 Å². The Kier molecular flexibility index (Phi) is 3.75. The molecular formula is C9H13BrOS. The Balaban J connectivity index is 2.53. The van der Waals surface area contributed by atoms with Crippen LogP contribution in [-0.4, -0.2) is 11.2 Å². The molecule has 0 amide bonds. The van der Waals surface area contributed by atoms with Crippen LogP contribution in [0.2, 0.25) is 0 Å². The molecule has 0 fully saturated rings.